The summed E-state index contributed by atoms with van der Waals surface area (Å²) in [5, 5.41) is 0. The molecule has 0 atom stereocenters. The lowest BCUT2D eigenvalue weighted by atomic mass is 9.70. The molecule has 2 saturated heterocycles. The zero-order valence-electron chi connectivity index (χ0n) is 8.99. The molecule has 1 aromatic carbocycles. The van der Waals surface area contributed by atoms with Gasteiger partial charge in [0, 0.05) is 23.5 Å². The number of fused-ring (bicyclic) bond motifs is 1. The Morgan fingerprint density at radius 2 is 2.19 bits per heavy atom. The minimum Gasteiger partial charge on any atom is -0.355 e. The summed E-state index contributed by atoms with van der Waals surface area (Å²) < 4.78 is 1.16. The first-order valence-corrected chi connectivity index (χ1v) is 6.71. The molecular weight excluding hydrogens is 264 g/mol. The van der Waals surface area contributed by atoms with E-state index >= 15 is 0 Å². The van der Waals surface area contributed by atoms with E-state index in [0.29, 0.717) is 0 Å². The van der Waals surface area contributed by atoms with Crippen LogP contribution in [0.1, 0.15) is 18.4 Å². The van der Waals surface area contributed by atoms with Gasteiger partial charge in [0.2, 0.25) is 0 Å². The lowest BCUT2D eigenvalue weighted by Gasteiger charge is -2.50. The summed E-state index contributed by atoms with van der Waals surface area (Å²) >= 11 is 3.53. The van der Waals surface area contributed by atoms with E-state index in [1.165, 1.54) is 36.5 Å². The number of halogens is 1. The van der Waals surface area contributed by atoms with E-state index in [-0.39, 0.29) is 0 Å². The summed E-state index contributed by atoms with van der Waals surface area (Å²) in [4.78, 5) is 7.33. The van der Waals surface area contributed by atoms with Gasteiger partial charge in [-0.1, -0.05) is 15.9 Å². The Bertz CT molecular complexity index is 489. The Labute approximate surface area is 103 Å². The van der Waals surface area contributed by atoms with Crippen molar-refractivity contribution in [3.63, 3.8) is 0 Å². The highest BCUT2D eigenvalue weighted by Gasteiger charge is 2.43. The quantitative estimate of drug-likeness (QED) is 0.710. The number of aliphatic imine (C=N–C) groups is 1. The number of amidine groups is 1. The maximum atomic E-state index is 4.85. The van der Waals surface area contributed by atoms with E-state index in [9.17, 15) is 0 Å². The molecular formula is C13H13BrN2. The van der Waals surface area contributed by atoms with Crippen LogP contribution in [-0.4, -0.2) is 17.3 Å². The van der Waals surface area contributed by atoms with Gasteiger partial charge in [0.15, 0.2) is 0 Å². The number of nitrogens with zero attached hydrogens (tertiary/aromatic N) is 2. The molecule has 1 aliphatic carbocycles. The first-order valence-electron chi connectivity index (χ1n) is 5.91. The van der Waals surface area contributed by atoms with Gasteiger partial charge in [-0.2, -0.15) is 0 Å². The fourth-order valence-corrected chi connectivity index (χ4v) is 3.59. The monoisotopic (exact) mass is 276 g/mol. The summed E-state index contributed by atoms with van der Waals surface area (Å²) in [5.74, 6) is 3.06. The maximum Gasteiger partial charge on any atom is 0.108 e. The van der Waals surface area contributed by atoms with Crippen molar-refractivity contribution >= 4 is 27.5 Å². The lowest BCUT2D eigenvalue weighted by molar-refractivity contribution is 0.135. The highest BCUT2D eigenvalue weighted by molar-refractivity contribution is 9.10. The van der Waals surface area contributed by atoms with Crippen molar-refractivity contribution in [1.82, 2.24) is 4.90 Å². The number of hydrogen-bond donors (Lipinski definition) is 0. The van der Waals surface area contributed by atoms with Gasteiger partial charge in [-0.25, -0.2) is 4.99 Å². The van der Waals surface area contributed by atoms with E-state index in [0.717, 1.165) is 22.9 Å². The van der Waals surface area contributed by atoms with Gasteiger partial charge in [0.25, 0.3) is 0 Å². The molecule has 1 aromatic rings. The molecule has 1 saturated carbocycles. The standard InChI is InChI=1S/C13H13BrN2/c14-11-1-2-12-10(5-11)7-16-6-8-3-9(4-8)13(16)15-12/h1-2,5,8-9H,3-4,6-7H2. The van der Waals surface area contributed by atoms with Crippen LogP contribution in [0, 0.1) is 11.8 Å². The van der Waals surface area contributed by atoms with E-state index in [1.54, 1.807) is 0 Å². The first kappa shape index (κ1) is 9.23. The highest BCUT2D eigenvalue weighted by Crippen LogP contribution is 2.44. The van der Waals surface area contributed by atoms with Crippen LogP contribution >= 0.6 is 15.9 Å². The van der Waals surface area contributed by atoms with E-state index < -0.39 is 0 Å². The largest absolute Gasteiger partial charge is 0.355 e. The molecule has 0 aromatic heterocycles. The molecule has 4 aliphatic rings. The Balaban J connectivity index is 1.81. The Morgan fingerprint density at radius 3 is 3.06 bits per heavy atom. The van der Waals surface area contributed by atoms with Gasteiger partial charge < -0.3 is 4.90 Å². The number of benzene rings is 1. The molecule has 3 heteroatoms. The first-order chi connectivity index (χ1) is 7.79. The Hall–Kier alpha value is -0.830. The van der Waals surface area contributed by atoms with E-state index in [2.05, 4.69) is 39.0 Å². The van der Waals surface area contributed by atoms with Crippen LogP contribution in [0.4, 0.5) is 5.69 Å². The van der Waals surface area contributed by atoms with E-state index in [1.807, 2.05) is 0 Å². The van der Waals surface area contributed by atoms with Crippen LogP contribution in [0.15, 0.2) is 27.7 Å². The van der Waals surface area contributed by atoms with Gasteiger partial charge >= 0.3 is 0 Å². The predicted octanol–water partition coefficient (Wildman–Crippen LogP) is 3.33. The molecule has 3 aliphatic heterocycles. The third-order valence-electron chi connectivity index (χ3n) is 4.04. The summed E-state index contributed by atoms with van der Waals surface area (Å²) in [5.41, 5.74) is 2.54. The predicted molar refractivity (Wildman–Crippen MR) is 67.9 cm³/mol. The molecule has 0 spiro atoms. The zero-order chi connectivity index (χ0) is 10.7. The molecule has 3 fully saturated rings. The second-order valence-corrected chi connectivity index (χ2v) is 6.07. The van der Waals surface area contributed by atoms with Crippen molar-refractivity contribution in [2.24, 2.45) is 16.8 Å². The van der Waals surface area contributed by atoms with Crippen LogP contribution in [0.25, 0.3) is 0 Å². The topological polar surface area (TPSA) is 15.6 Å². The summed E-state index contributed by atoms with van der Waals surface area (Å²) in [6, 6.07) is 6.43. The van der Waals surface area contributed by atoms with Crippen LogP contribution in [-0.2, 0) is 6.54 Å². The SMILES string of the molecule is Brc1ccc2c(c1)CN1CC3CC(C3)C1=N2. The maximum absolute atomic E-state index is 4.85. The number of piperidine rings is 2. The van der Waals surface area contributed by atoms with Gasteiger partial charge in [0.1, 0.15) is 5.84 Å². The summed E-state index contributed by atoms with van der Waals surface area (Å²) in [6.45, 7) is 2.28. The zero-order valence-corrected chi connectivity index (χ0v) is 10.6. The van der Waals surface area contributed by atoms with Crippen molar-refractivity contribution in [3.05, 3.63) is 28.2 Å². The minimum atomic E-state index is 0.760. The second-order valence-electron chi connectivity index (χ2n) is 5.16. The fourth-order valence-electron chi connectivity index (χ4n) is 3.19. The average molecular weight is 277 g/mol. The van der Waals surface area contributed by atoms with Gasteiger partial charge in [-0.3, -0.25) is 0 Å². The van der Waals surface area contributed by atoms with E-state index in [4.69, 9.17) is 4.99 Å². The Morgan fingerprint density at radius 1 is 1.31 bits per heavy atom. The van der Waals surface area contributed by atoms with Crippen LogP contribution < -0.4 is 0 Å². The van der Waals surface area contributed by atoms with Crippen molar-refractivity contribution < 1.29 is 0 Å². The van der Waals surface area contributed by atoms with Gasteiger partial charge in [-0.15, -0.1) is 0 Å². The molecule has 2 nitrogen and oxygen atoms in total. The Kier molecular flexibility index (Phi) is 1.79. The molecule has 2 bridgehead atoms. The minimum absolute atomic E-state index is 0.760. The van der Waals surface area contributed by atoms with Gasteiger partial charge in [0.05, 0.1) is 5.69 Å². The molecule has 3 heterocycles. The molecule has 0 N–H and O–H groups in total. The van der Waals surface area contributed by atoms with Crippen LogP contribution in [0.5, 0.6) is 0 Å². The molecule has 16 heavy (non-hydrogen) atoms. The molecule has 0 amide bonds. The average Bonchev–Trinajstić information content (AvgIpc) is 2.24. The summed E-state index contributed by atoms with van der Waals surface area (Å²) in [6.07, 6.45) is 2.75. The van der Waals surface area contributed by atoms with Crippen molar-refractivity contribution in [2.75, 3.05) is 6.54 Å². The summed E-state index contributed by atoms with van der Waals surface area (Å²) in [7, 11) is 0. The van der Waals surface area contributed by atoms with Crippen LogP contribution in [0.2, 0.25) is 0 Å². The molecule has 0 unspecified atom stereocenters. The fraction of sp³-hybridized carbons (Fsp3) is 0.462. The van der Waals surface area contributed by atoms with Crippen molar-refractivity contribution in [3.8, 4) is 0 Å². The molecule has 82 valence electrons. The smallest absolute Gasteiger partial charge is 0.108 e. The molecule has 5 rings (SSSR count). The number of rotatable bonds is 0. The second kappa shape index (κ2) is 3.10. The van der Waals surface area contributed by atoms with Gasteiger partial charge in [-0.05, 0) is 42.5 Å². The third kappa shape index (κ3) is 1.21. The lowest BCUT2D eigenvalue weighted by Crippen LogP contribution is -2.53. The van der Waals surface area contributed by atoms with Crippen molar-refractivity contribution in [2.45, 2.75) is 19.4 Å². The number of hydrogen-bond acceptors (Lipinski definition) is 2. The van der Waals surface area contributed by atoms with Crippen molar-refractivity contribution in [1.29, 1.82) is 0 Å². The third-order valence-corrected chi connectivity index (χ3v) is 4.53. The molecule has 0 radical (unpaired) electrons. The normalized spacial score (nSPS) is 30.1. The highest BCUT2D eigenvalue weighted by atomic mass is 79.9. The van der Waals surface area contributed by atoms with Crippen LogP contribution in [0.3, 0.4) is 0 Å².